The van der Waals surface area contributed by atoms with Crippen molar-refractivity contribution in [2.24, 2.45) is 0 Å². The van der Waals surface area contributed by atoms with E-state index in [9.17, 15) is 8.78 Å². The molecule has 0 saturated carbocycles. The molecule has 0 spiro atoms. The molecule has 0 aliphatic carbocycles. The molecular formula is C10H8F2N2. The predicted octanol–water partition coefficient (Wildman–Crippen LogP) is 2.40. The van der Waals surface area contributed by atoms with Crippen LogP contribution in [0, 0.1) is 18.6 Å². The first-order valence-electron chi connectivity index (χ1n) is 4.09. The van der Waals surface area contributed by atoms with Gasteiger partial charge in [-0.05, 0) is 12.5 Å². The fourth-order valence-corrected chi connectivity index (χ4v) is 1.36. The Balaban J connectivity index is 2.95. The third-order valence-electron chi connectivity index (χ3n) is 2.13. The first-order chi connectivity index (χ1) is 6.59. The summed E-state index contributed by atoms with van der Waals surface area (Å²) in [4.78, 5) is 3.90. The van der Waals surface area contributed by atoms with Crippen molar-refractivity contribution in [3.8, 4) is 0 Å². The quantitative estimate of drug-likeness (QED) is 0.699. The highest BCUT2D eigenvalue weighted by Crippen LogP contribution is 2.25. The van der Waals surface area contributed by atoms with Crippen LogP contribution in [0.5, 0.6) is 0 Å². The summed E-state index contributed by atoms with van der Waals surface area (Å²) < 4.78 is 26.1. The van der Waals surface area contributed by atoms with Gasteiger partial charge in [-0.3, -0.25) is 4.98 Å². The SMILES string of the molecule is Cc1cnc2cc(F)cc(F)c2c1N. The lowest BCUT2D eigenvalue weighted by Gasteiger charge is -2.05. The second kappa shape index (κ2) is 2.90. The van der Waals surface area contributed by atoms with Gasteiger partial charge in [0.15, 0.2) is 0 Å². The average Bonchev–Trinajstić information content (AvgIpc) is 2.10. The van der Waals surface area contributed by atoms with Gasteiger partial charge in [0.1, 0.15) is 11.6 Å². The van der Waals surface area contributed by atoms with Crippen LogP contribution < -0.4 is 5.73 Å². The van der Waals surface area contributed by atoms with E-state index in [0.717, 1.165) is 12.1 Å². The summed E-state index contributed by atoms with van der Waals surface area (Å²) in [6.07, 6.45) is 1.50. The summed E-state index contributed by atoms with van der Waals surface area (Å²) in [7, 11) is 0. The molecule has 14 heavy (non-hydrogen) atoms. The number of fused-ring (bicyclic) bond motifs is 1. The maximum absolute atomic E-state index is 13.3. The van der Waals surface area contributed by atoms with Crippen molar-refractivity contribution in [2.45, 2.75) is 6.92 Å². The number of halogens is 2. The highest BCUT2D eigenvalue weighted by Gasteiger charge is 2.09. The molecule has 0 amide bonds. The van der Waals surface area contributed by atoms with E-state index in [4.69, 9.17) is 5.73 Å². The molecule has 2 nitrogen and oxygen atoms in total. The number of hydrogen-bond donors (Lipinski definition) is 1. The van der Waals surface area contributed by atoms with Crippen LogP contribution in [-0.2, 0) is 0 Å². The van der Waals surface area contributed by atoms with Gasteiger partial charge in [-0.1, -0.05) is 0 Å². The molecule has 1 aromatic heterocycles. The Bertz CT molecular complexity index is 509. The number of nitrogens with zero attached hydrogens (tertiary/aromatic N) is 1. The molecule has 0 saturated heterocycles. The smallest absolute Gasteiger partial charge is 0.137 e. The number of aryl methyl sites for hydroxylation is 1. The Morgan fingerprint density at radius 1 is 1.29 bits per heavy atom. The van der Waals surface area contributed by atoms with Crippen LogP contribution in [0.1, 0.15) is 5.56 Å². The van der Waals surface area contributed by atoms with Crippen molar-refractivity contribution >= 4 is 16.6 Å². The summed E-state index contributed by atoms with van der Waals surface area (Å²) in [5, 5.41) is 0.186. The van der Waals surface area contributed by atoms with E-state index in [2.05, 4.69) is 4.98 Å². The minimum Gasteiger partial charge on any atom is -0.398 e. The minimum atomic E-state index is -0.673. The topological polar surface area (TPSA) is 38.9 Å². The van der Waals surface area contributed by atoms with Crippen molar-refractivity contribution in [2.75, 3.05) is 5.73 Å². The fourth-order valence-electron chi connectivity index (χ4n) is 1.36. The standard InChI is InChI=1S/C10H8F2N2/c1-5-4-14-8-3-6(11)2-7(12)9(8)10(5)13/h2-4H,1H3,(H2,13,14). The molecular weight excluding hydrogens is 186 g/mol. The summed E-state index contributed by atoms with van der Waals surface area (Å²) in [6.45, 7) is 1.73. The first-order valence-corrected chi connectivity index (χ1v) is 4.09. The maximum Gasteiger partial charge on any atom is 0.137 e. The van der Waals surface area contributed by atoms with E-state index >= 15 is 0 Å². The van der Waals surface area contributed by atoms with Gasteiger partial charge in [0.2, 0.25) is 0 Å². The molecule has 1 heterocycles. The van der Waals surface area contributed by atoms with Crippen molar-refractivity contribution < 1.29 is 8.78 Å². The highest BCUT2D eigenvalue weighted by atomic mass is 19.1. The van der Waals surface area contributed by atoms with Crippen LogP contribution >= 0.6 is 0 Å². The van der Waals surface area contributed by atoms with E-state index in [-0.39, 0.29) is 10.9 Å². The number of aromatic nitrogens is 1. The van der Waals surface area contributed by atoms with Gasteiger partial charge in [-0.2, -0.15) is 0 Å². The number of pyridine rings is 1. The second-order valence-corrected chi connectivity index (χ2v) is 3.14. The predicted molar refractivity (Wildman–Crippen MR) is 50.8 cm³/mol. The lowest BCUT2D eigenvalue weighted by atomic mass is 10.1. The molecule has 0 aliphatic heterocycles. The number of nitrogens with two attached hydrogens (primary N) is 1. The van der Waals surface area contributed by atoms with E-state index in [1.54, 1.807) is 6.92 Å². The van der Waals surface area contributed by atoms with E-state index in [1.807, 2.05) is 0 Å². The highest BCUT2D eigenvalue weighted by molar-refractivity contribution is 5.91. The molecule has 0 aliphatic rings. The minimum absolute atomic E-state index is 0.186. The van der Waals surface area contributed by atoms with Gasteiger partial charge >= 0.3 is 0 Å². The Labute approximate surface area is 79.4 Å². The van der Waals surface area contributed by atoms with Crippen LogP contribution in [0.2, 0.25) is 0 Å². The molecule has 0 radical (unpaired) electrons. The molecule has 72 valence electrons. The molecule has 4 heteroatoms. The monoisotopic (exact) mass is 194 g/mol. The van der Waals surface area contributed by atoms with Crippen molar-refractivity contribution in [3.63, 3.8) is 0 Å². The van der Waals surface area contributed by atoms with Gasteiger partial charge in [0.05, 0.1) is 10.9 Å². The molecule has 0 atom stereocenters. The van der Waals surface area contributed by atoms with E-state index in [0.29, 0.717) is 11.3 Å². The molecule has 2 N–H and O–H groups in total. The number of anilines is 1. The van der Waals surface area contributed by atoms with Gasteiger partial charge in [0.25, 0.3) is 0 Å². The number of benzene rings is 1. The zero-order valence-corrected chi connectivity index (χ0v) is 7.51. The Morgan fingerprint density at radius 2 is 2.00 bits per heavy atom. The van der Waals surface area contributed by atoms with Crippen LogP contribution in [0.4, 0.5) is 14.5 Å². The summed E-state index contributed by atoms with van der Waals surface area (Å²) in [5.74, 6) is -1.32. The molecule has 0 bridgehead atoms. The molecule has 1 aromatic carbocycles. The van der Waals surface area contributed by atoms with Crippen LogP contribution in [0.3, 0.4) is 0 Å². The maximum atomic E-state index is 13.3. The third kappa shape index (κ3) is 1.19. The lowest BCUT2D eigenvalue weighted by molar-refractivity contribution is 0.591. The number of hydrogen-bond acceptors (Lipinski definition) is 2. The first kappa shape index (κ1) is 8.87. The average molecular weight is 194 g/mol. The zero-order valence-electron chi connectivity index (χ0n) is 7.51. The summed E-state index contributed by atoms with van der Waals surface area (Å²) >= 11 is 0. The largest absolute Gasteiger partial charge is 0.398 e. The molecule has 2 aromatic rings. The Kier molecular flexibility index (Phi) is 1.84. The van der Waals surface area contributed by atoms with Crippen LogP contribution in [0.15, 0.2) is 18.3 Å². The van der Waals surface area contributed by atoms with Crippen LogP contribution in [-0.4, -0.2) is 4.98 Å². The molecule has 2 rings (SSSR count). The number of rotatable bonds is 0. The van der Waals surface area contributed by atoms with Gasteiger partial charge in [0, 0.05) is 24.0 Å². The summed E-state index contributed by atoms with van der Waals surface area (Å²) in [5.41, 5.74) is 6.90. The lowest BCUT2D eigenvalue weighted by Crippen LogP contribution is -1.96. The van der Waals surface area contributed by atoms with Crippen molar-refractivity contribution in [1.82, 2.24) is 4.98 Å². The number of nitrogen functional groups attached to an aromatic ring is 1. The second-order valence-electron chi connectivity index (χ2n) is 3.14. The van der Waals surface area contributed by atoms with Gasteiger partial charge in [-0.25, -0.2) is 8.78 Å². The van der Waals surface area contributed by atoms with Crippen LogP contribution in [0.25, 0.3) is 10.9 Å². The normalized spacial score (nSPS) is 10.8. The van der Waals surface area contributed by atoms with Crippen molar-refractivity contribution in [3.05, 3.63) is 35.5 Å². The zero-order chi connectivity index (χ0) is 10.3. The Hall–Kier alpha value is -1.71. The van der Waals surface area contributed by atoms with Crippen molar-refractivity contribution in [1.29, 1.82) is 0 Å². The summed E-state index contributed by atoms with van der Waals surface area (Å²) in [6, 6.07) is 1.97. The third-order valence-corrected chi connectivity index (χ3v) is 2.13. The van der Waals surface area contributed by atoms with E-state index < -0.39 is 11.6 Å². The Morgan fingerprint density at radius 3 is 2.71 bits per heavy atom. The molecule has 0 unspecified atom stereocenters. The van der Waals surface area contributed by atoms with Gasteiger partial charge in [-0.15, -0.1) is 0 Å². The molecule has 0 fully saturated rings. The van der Waals surface area contributed by atoms with Gasteiger partial charge < -0.3 is 5.73 Å². The van der Waals surface area contributed by atoms with E-state index in [1.165, 1.54) is 6.20 Å². The fraction of sp³-hybridized carbons (Fsp3) is 0.100.